The van der Waals surface area contributed by atoms with Crippen LogP contribution in [0.15, 0.2) is 0 Å². The zero-order valence-corrected chi connectivity index (χ0v) is 12.5. The Labute approximate surface area is 122 Å². The van der Waals surface area contributed by atoms with Gasteiger partial charge in [0, 0.05) is 19.8 Å². The van der Waals surface area contributed by atoms with Gasteiger partial charge in [-0.25, -0.2) is 0 Å². The normalized spacial score (nSPS) is 37.1. The van der Waals surface area contributed by atoms with Gasteiger partial charge in [0.25, 0.3) is 0 Å². The molecule has 21 heavy (non-hydrogen) atoms. The fourth-order valence-corrected chi connectivity index (χ4v) is 2.90. The first-order chi connectivity index (χ1) is 9.86. The van der Waals surface area contributed by atoms with E-state index >= 15 is 0 Å². The van der Waals surface area contributed by atoms with Crippen LogP contribution in [-0.4, -0.2) is 48.9 Å². The van der Waals surface area contributed by atoms with E-state index in [0.717, 1.165) is 0 Å². The molecule has 0 aromatic rings. The standard InChI is InChI=1S/C14H20O7/c1-5-18-14(17)10-9-12(10)19-6(2)11(20-7(3)15)13(9)21-8(4)16/h6,9-13H,5H2,1-4H3/t6-,9-,10-,11-,12-,13-/m0/s1. The van der Waals surface area contributed by atoms with E-state index in [-0.39, 0.29) is 24.6 Å². The molecule has 118 valence electrons. The zero-order valence-electron chi connectivity index (χ0n) is 12.5. The van der Waals surface area contributed by atoms with Crippen LogP contribution in [0, 0.1) is 11.8 Å². The lowest BCUT2D eigenvalue weighted by Gasteiger charge is -2.34. The topological polar surface area (TPSA) is 88.1 Å². The smallest absolute Gasteiger partial charge is 0.312 e. The van der Waals surface area contributed by atoms with Gasteiger partial charge in [0.05, 0.1) is 24.7 Å². The van der Waals surface area contributed by atoms with Crippen molar-refractivity contribution in [2.45, 2.75) is 52.1 Å². The number of carbonyl (C=O) groups excluding carboxylic acids is 3. The Balaban J connectivity index is 2.16. The van der Waals surface area contributed by atoms with E-state index in [4.69, 9.17) is 18.9 Å². The predicted octanol–water partition coefficient (Wildman–Crippen LogP) is 0.446. The van der Waals surface area contributed by atoms with Crippen LogP contribution < -0.4 is 0 Å². The van der Waals surface area contributed by atoms with Gasteiger partial charge in [-0.1, -0.05) is 0 Å². The van der Waals surface area contributed by atoms with Crippen LogP contribution >= 0.6 is 0 Å². The van der Waals surface area contributed by atoms with E-state index in [1.54, 1.807) is 13.8 Å². The number of hydrogen-bond donors (Lipinski definition) is 0. The highest BCUT2D eigenvalue weighted by Crippen LogP contribution is 2.52. The summed E-state index contributed by atoms with van der Waals surface area (Å²) in [4.78, 5) is 34.4. The van der Waals surface area contributed by atoms with Crippen LogP contribution in [0.25, 0.3) is 0 Å². The van der Waals surface area contributed by atoms with Gasteiger partial charge in [-0.3, -0.25) is 14.4 Å². The molecule has 0 unspecified atom stereocenters. The third-order valence-corrected chi connectivity index (χ3v) is 3.71. The van der Waals surface area contributed by atoms with Gasteiger partial charge in [-0.2, -0.15) is 0 Å². The molecule has 0 aromatic carbocycles. The molecule has 6 atom stereocenters. The number of carbonyl (C=O) groups is 3. The molecule has 0 amide bonds. The average Bonchev–Trinajstić information content (AvgIpc) is 3.06. The largest absolute Gasteiger partial charge is 0.466 e. The van der Waals surface area contributed by atoms with Crippen LogP contribution in [-0.2, 0) is 33.3 Å². The minimum atomic E-state index is -0.716. The second-order valence-electron chi connectivity index (χ2n) is 5.31. The Morgan fingerprint density at radius 3 is 2.14 bits per heavy atom. The first-order valence-corrected chi connectivity index (χ1v) is 7.03. The van der Waals surface area contributed by atoms with Crippen LogP contribution in [0.1, 0.15) is 27.7 Å². The van der Waals surface area contributed by atoms with Gasteiger partial charge in [0.1, 0.15) is 6.10 Å². The molecular weight excluding hydrogens is 280 g/mol. The van der Waals surface area contributed by atoms with Crippen molar-refractivity contribution in [3.8, 4) is 0 Å². The number of rotatable bonds is 4. The van der Waals surface area contributed by atoms with E-state index in [0.29, 0.717) is 0 Å². The summed E-state index contributed by atoms with van der Waals surface area (Å²) in [6.45, 7) is 6.27. The Bertz CT molecular complexity index is 447. The van der Waals surface area contributed by atoms with Gasteiger partial charge in [0.2, 0.25) is 0 Å². The van der Waals surface area contributed by atoms with E-state index in [2.05, 4.69) is 0 Å². The van der Waals surface area contributed by atoms with Crippen LogP contribution in [0.2, 0.25) is 0 Å². The summed E-state index contributed by atoms with van der Waals surface area (Å²) in [7, 11) is 0. The number of fused-ring (bicyclic) bond motifs is 1. The molecule has 2 fully saturated rings. The molecule has 7 nitrogen and oxygen atoms in total. The Morgan fingerprint density at radius 1 is 1.05 bits per heavy atom. The summed E-state index contributed by atoms with van der Waals surface area (Å²) in [6.07, 6.45) is -2.21. The molecule has 2 rings (SSSR count). The summed E-state index contributed by atoms with van der Waals surface area (Å²) < 4.78 is 21.2. The molecule has 0 aromatic heterocycles. The molecule has 1 aliphatic carbocycles. The van der Waals surface area contributed by atoms with Gasteiger partial charge in [-0.15, -0.1) is 0 Å². The second kappa shape index (κ2) is 6.01. The second-order valence-corrected chi connectivity index (χ2v) is 5.31. The quantitative estimate of drug-likeness (QED) is 0.550. The van der Waals surface area contributed by atoms with Crippen molar-refractivity contribution >= 4 is 17.9 Å². The Morgan fingerprint density at radius 2 is 1.62 bits per heavy atom. The maximum absolute atomic E-state index is 11.9. The maximum Gasteiger partial charge on any atom is 0.312 e. The predicted molar refractivity (Wildman–Crippen MR) is 69.1 cm³/mol. The van der Waals surface area contributed by atoms with Crippen molar-refractivity contribution < 1.29 is 33.3 Å². The van der Waals surface area contributed by atoms with Crippen LogP contribution in [0.3, 0.4) is 0 Å². The van der Waals surface area contributed by atoms with Crippen molar-refractivity contribution in [2.75, 3.05) is 6.61 Å². The van der Waals surface area contributed by atoms with Gasteiger partial charge in [0.15, 0.2) is 6.10 Å². The summed E-state index contributed by atoms with van der Waals surface area (Å²) in [6, 6.07) is 0. The molecule has 1 heterocycles. The summed E-state index contributed by atoms with van der Waals surface area (Å²) in [5.41, 5.74) is 0. The lowest BCUT2D eigenvalue weighted by atomic mass is 10.0. The number of ether oxygens (including phenoxy) is 4. The summed E-state index contributed by atoms with van der Waals surface area (Å²) >= 11 is 0. The number of hydrogen-bond acceptors (Lipinski definition) is 7. The van der Waals surface area contributed by atoms with E-state index in [9.17, 15) is 14.4 Å². The lowest BCUT2D eigenvalue weighted by Crippen LogP contribution is -2.48. The highest BCUT2D eigenvalue weighted by molar-refractivity contribution is 5.78. The molecule has 0 radical (unpaired) electrons. The highest BCUT2D eigenvalue weighted by Gasteiger charge is 2.68. The van der Waals surface area contributed by atoms with E-state index in [1.807, 2.05) is 0 Å². The van der Waals surface area contributed by atoms with Crippen molar-refractivity contribution in [1.82, 2.24) is 0 Å². The Hall–Kier alpha value is -1.63. The van der Waals surface area contributed by atoms with Crippen molar-refractivity contribution in [3.63, 3.8) is 0 Å². The van der Waals surface area contributed by atoms with Gasteiger partial charge < -0.3 is 18.9 Å². The minimum Gasteiger partial charge on any atom is -0.466 e. The minimum absolute atomic E-state index is 0.274. The summed E-state index contributed by atoms with van der Waals surface area (Å²) in [5.74, 6) is -2.15. The molecule has 0 N–H and O–H groups in total. The van der Waals surface area contributed by atoms with E-state index in [1.165, 1.54) is 13.8 Å². The summed E-state index contributed by atoms with van der Waals surface area (Å²) in [5, 5.41) is 0. The maximum atomic E-state index is 11.9. The average molecular weight is 300 g/mol. The van der Waals surface area contributed by atoms with E-state index < -0.39 is 36.2 Å². The molecule has 1 saturated heterocycles. The van der Waals surface area contributed by atoms with Crippen molar-refractivity contribution in [2.24, 2.45) is 11.8 Å². The third kappa shape index (κ3) is 3.18. The van der Waals surface area contributed by atoms with Crippen LogP contribution in [0.5, 0.6) is 0 Å². The first kappa shape index (κ1) is 15.8. The SMILES string of the molecule is CCOC(=O)[C@@H]1[C@H]2O[C@@H](C)[C@H](OC(C)=O)[C@@H](OC(C)=O)[C@H]21. The first-order valence-electron chi connectivity index (χ1n) is 7.03. The lowest BCUT2D eigenvalue weighted by molar-refractivity contribution is -0.192. The fraction of sp³-hybridized carbons (Fsp3) is 0.786. The molecule has 1 saturated carbocycles. The molecule has 0 bridgehead atoms. The molecular formula is C14H20O7. The monoisotopic (exact) mass is 300 g/mol. The fourth-order valence-electron chi connectivity index (χ4n) is 2.90. The molecule has 1 aliphatic heterocycles. The molecule has 2 aliphatic rings. The number of esters is 3. The van der Waals surface area contributed by atoms with Gasteiger partial charge >= 0.3 is 17.9 Å². The van der Waals surface area contributed by atoms with Crippen molar-refractivity contribution in [3.05, 3.63) is 0 Å². The zero-order chi connectivity index (χ0) is 15.7. The Kier molecular flexibility index (Phi) is 4.51. The third-order valence-electron chi connectivity index (χ3n) is 3.71. The van der Waals surface area contributed by atoms with Gasteiger partial charge in [-0.05, 0) is 13.8 Å². The van der Waals surface area contributed by atoms with Crippen molar-refractivity contribution in [1.29, 1.82) is 0 Å². The highest BCUT2D eigenvalue weighted by atomic mass is 16.6. The molecule has 7 heteroatoms. The molecule has 0 spiro atoms. The van der Waals surface area contributed by atoms with Crippen LogP contribution in [0.4, 0.5) is 0 Å².